The van der Waals surface area contributed by atoms with Crippen LogP contribution in [0.25, 0.3) is 20.8 Å². The Labute approximate surface area is 238 Å². The average molecular weight is 564 g/mol. The second kappa shape index (κ2) is 12.0. The third-order valence-corrected chi connectivity index (χ3v) is 8.30. The maximum absolute atomic E-state index is 12.2. The van der Waals surface area contributed by atoms with Gasteiger partial charge in [0.2, 0.25) is 0 Å². The summed E-state index contributed by atoms with van der Waals surface area (Å²) in [4.78, 5) is 23.3. The highest BCUT2D eigenvalue weighted by atomic mass is 32.1. The standard InChI is InChI=1S/C30H37N5O4S/c1-30(2,3)26(36)16-27(31)34-29(37)32-21-8-6-19(7-9-21)28-33-23-15-22(10-11-25(23)40-28)38-14-12-35-17-20-5-4-13-39-24(20)18-35/h6-11,15-16,20,24,36H,4-5,12-14,17-18H2,1-3H3,(H3,31,32,34,37)/b26-16-. The molecule has 0 radical (unpaired) electrons. The first-order valence-electron chi connectivity index (χ1n) is 13.7. The van der Waals surface area contributed by atoms with E-state index in [0.29, 0.717) is 24.3 Å². The van der Waals surface area contributed by atoms with Crippen LogP contribution in [0.5, 0.6) is 5.75 Å². The van der Waals surface area contributed by atoms with E-state index in [2.05, 4.69) is 15.2 Å². The molecule has 2 fully saturated rings. The number of aromatic nitrogens is 1. The number of amides is 2. The zero-order chi connectivity index (χ0) is 28.3. The Balaban J connectivity index is 1.16. The Bertz CT molecular complexity index is 1400. The molecule has 0 saturated carbocycles. The van der Waals surface area contributed by atoms with Crippen LogP contribution in [0.3, 0.4) is 0 Å². The van der Waals surface area contributed by atoms with Crippen LogP contribution in [-0.2, 0) is 4.74 Å². The second-order valence-corrected chi connectivity index (χ2v) is 12.4. The van der Waals surface area contributed by atoms with Crippen molar-refractivity contribution in [2.24, 2.45) is 22.1 Å². The van der Waals surface area contributed by atoms with Crippen LogP contribution in [0.1, 0.15) is 33.6 Å². The van der Waals surface area contributed by atoms with Crippen LogP contribution in [0.2, 0.25) is 0 Å². The maximum Gasteiger partial charge on any atom is 0.347 e. The van der Waals surface area contributed by atoms with Gasteiger partial charge in [0.25, 0.3) is 0 Å². The van der Waals surface area contributed by atoms with Crippen molar-refractivity contribution in [3.8, 4) is 16.3 Å². The number of allylic oxidation sites excluding steroid dienone is 1. The van der Waals surface area contributed by atoms with Gasteiger partial charge in [0.05, 0.1) is 16.3 Å². The third-order valence-electron chi connectivity index (χ3n) is 7.21. The molecule has 3 aromatic rings. The summed E-state index contributed by atoms with van der Waals surface area (Å²) in [5.41, 5.74) is 7.72. The number of aliphatic imine (C=N–C) groups is 1. The van der Waals surface area contributed by atoms with Crippen LogP contribution in [0.4, 0.5) is 10.5 Å². The lowest BCUT2D eigenvalue weighted by Crippen LogP contribution is -2.29. The van der Waals surface area contributed by atoms with Crippen molar-refractivity contribution < 1.29 is 19.4 Å². The van der Waals surface area contributed by atoms with Crippen LogP contribution in [0.15, 0.2) is 59.3 Å². The molecule has 212 valence electrons. The number of nitrogens with zero attached hydrogens (tertiary/aromatic N) is 3. The maximum atomic E-state index is 12.2. The van der Waals surface area contributed by atoms with Crippen LogP contribution < -0.4 is 15.8 Å². The van der Waals surface area contributed by atoms with Crippen LogP contribution >= 0.6 is 11.3 Å². The number of thiazole rings is 1. The first-order valence-corrected chi connectivity index (χ1v) is 14.5. The SMILES string of the molecule is CC(C)(C)/C(O)=C/C(N)=N/C(=O)Nc1ccc(-c2nc3cc(OCCN4CC5CCCOC5C4)ccc3s2)cc1. The van der Waals surface area contributed by atoms with Crippen molar-refractivity contribution in [1.29, 1.82) is 0 Å². The number of rotatable bonds is 7. The molecule has 10 heteroatoms. The van der Waals surface area contributed by atoms with E-state index < -0.39 is 11.4 Å². The van der Waals surface area contributed by atoms with Crippen LogP contribution in [-0.4, -0.2) is 65.8 Å². The summed E-state index contributed by atoms with van der Waals surface area (Å²) in [6, 6.07) is 12.8. The number of benzene rings is 2. The van der Waals surface area contributed by atoms with E-state index >= 15 is 0 Å². The van der Waals surface area contributed by atoms with Gasteiger partial charge >= 0.3 is 6.03 Å². The fourth-order valence-electron chi connectivity index (χ4n) is 4.92. The number of nitrogens with one attached hydrogen (secondary N) is 1. The minimum absolute atomic E-state index is 0.0512. The number of aliphatic hydroxyl groups is 1. The van der Waals surface area contributed by atoms with Gasteiger partial charge in [-0.1, -0.05) is 20.8 Å². The Morgan fingerprint density at radius 3 is 2.83 bits per heavy atom. The second-order valence-electron chi connectivity index (χ2n) is 11.4. The predicted octanol–water partition coefficient (Wildman–Crippen LogP) is 5.83. The molecule has 1 aromatic heterocycles. The van der Waals surface area contributed by atoms with Crippen LogP contribution in [0, 0.1) is 11.3 Å². The number of fused-ring (bicyclic) bond motifs is 2. The van der Waals surface area contributed by atoms with Crippen molar-refractivity contribution in [3.05, 3.63) is 54.3 Å². The number of urea groups is 1. The molecule has 2 unspecified atom stereocenters. The van der Waals surface area contributed by atoms with E-state index in [1.807, 2.05) is 51.1 Å². The Morgan fingerprint density at radius 2 is 2.08 bits per heavy atom. The highest BCUT2D eigenvalue weighted by Gasteiger charge is 2.35. The molecule has 0 aliphatic carbocycles. The molecule has 2 aliphatic heterocycles. The van der Waals surface area contributed by atoms with Gasteiger partial charge in [-0.25, -0.2) is 9.78 Å². The fraction of sp³-hybridized carbons (Fsp3) is 0.433. The largest absolute Gasteiger partial charge is 0.512 e. The van der Waals surface area contributed by atoms with Gasteiger partial charge in [-0.15, -0.1) is 11.3 Å². The van der Waals surface area contributed by atoms with E-state index in [1.54, 1.807) is 23.5 Å². The molecule has 0 spiro atoms. The third kappa shape index (κ3) is 6.99. The number of aliphatic hydroxyl groups excluding tert-OH is 1. The highest BCUT2D eigenvalue weighted by molar-refractivity contribution is 7.21. The van der Waals surface area contributed by atoms with Gasteiger partial charge in [0, 0.05) is 55.0 Å². The molecular formula is C30H37N5O4S. The number of carbonyl (C=O) groups is 1. The zero-order valence-corrected chi connectivity index (χ0v) is 24.0. The summed E-state index contributed by atoms with van der Waals surface area (Å²) in [5, 5.41) is 13.6. The van der Waals surface area contributed by atoms with Crippen molar-refractivity contribution in [1.82, 2.24) is 9.88 Å². The molecule has 2 amide bonds. The molecule has 5 rings (SSSR count). The molecule has 2 aromatic carbocycles. The molecule has 40 heavy (non-hydrogen) atoms. The summed E-state index contributed by atoms with van der Waals surface area (Å²) in [6.45, 7) is 10.0. The lowest BCUT2D eigenvalue weighted by Gasteiger charge is -2.24. The Morgan fingerprint density at radius 1 is 1.27 bits per heavy atom. The zero-order valence-electron chi connectivity index (χ0n) is 23.2. The van der Waals surface area contributed by atoms with Crippen molar-refractivity contribution in [3.63, 3.8) is 0 Å². The first kappa shape index (κ1) is 28.1. The summed E-state index contributed by atoms with van der Waals surface area (Å²) < 4.78 is 13.1. The number of likely N-dealkylation sites (tertiary alicyclic amines) is 1. The molecule has 2 atom stereocenters. The minimum Gasteiger partial charge on any atom is -0.512 e. The summed E-state index contributed by atoms with van der Waals surface area (Å²) in [6.07, 6.45) is 4.14. The molecule has 3 heterocycles. The van der Waals surface area contributed by atoms with E-state index in [0.717, 1.165) is 52.8 Å². The number of anilines is 1. The Kier molecular flexibility index (Phi) is 8.39. The predicted molar refractivity (Wildman–Crippen MR) is 160 cm³/mol. The van der Waals surface area contributed by atoms with E-state index in [9.17, 15) is 9.90 Å². The molecule has 4 N–H and O–H groups in total. The Hall–Kier alpha value is -3.47. The topological polar surface area (TPSA) is 122 Å². The lowest BCUT2D eigenvalue weighted by atomic mass is 9.93. The van der Waals surface area contributed by atoms with Gasteiger partial charge in [-0.05, 0) is 55.2 Å². The average Bonchev–Trinajstić information content (AvgIpc) is 3.52. The monoisotopic (exact) mass is 563 g/mol. The fourth-order valence-corrected chi connectivity index (χ4v) is 5.87. The number of carbonyl (C=O) groups excluding carboxylic acids is 1. The molecular weight excluding hydrogens is 526 g/mol. The van der Waals surface area contributed by atoms with Crippen molar-refractivity contribution >= 4 is 39.1 Å². The number of amidine groups is 1. The van der Waals surface area contributed by atoms with Crippen molar-refractivity contribution in [2.75, 3.05) is 38.2 Å². The molecule has 9 nitrogen and oxygen atoms in total. The minimum atomic E-state index is -0.618. The highest BCUT2D eigenvalue weighted by Crippen LogP contribution is 2.33. The van der Waals surface area contributed by atoms with Gasteiger partial charge in [-0.2, -0.15) is 4.99 Å². The van der Waals surface area contributed by atoms with Gasteiger partial charge in [0.15, 0.2) is 0 Å². The number of nitrogens with two attached hydrogens (primary N) is 1. The molecule has 2 saturated heterocycles. The van der Waals surface area contributed by atoms with E-state index in [4.69, 9.17) is 20.2 Å². The quantitative estimate of drug-likeness (QED) is 0.188. The number of ether oxygens (including phenoxy) is 2. The normalized spacial score (nSPS) is 20.5. The number of hydrogen-bond acceptors (Lipinski definition) is 7. The van der Waals surface area contributed by atoms with Crippen molar-refractivity contribution in [2.45, 2.75) is 39.7 Å². The van der Waals surface area contributed by atoms with E-state index in [1.165, 1.54) is 18.9 Å². The number of hydrogen-bond donors (Lipinski definition) is 3. The van der Waals surface area contributed by atoms with E-state index in [-0.39, 0.29) is 11.6 Å². The first-order chi connectivity index (χ1) is 19.1. The molecule has 2 aliphatic rings. The smallest absolute Gasteiger partial charge is 0.347 e. The lowest BCUT2D eigenvalue weighted by molar-refractivity contribution is -0.00122. The summed E-state index contributed by atoms with van der Waals surface area (Å²) in [7, 11) is 0. The summed E-state index contributed by atoms with van der Waals surface area (Å²) >= 11 is 1.61. The molecule has 0 bridgehead atoms. The summed E-state index contributed by atoms with van der Waals surface area (Å²) in [5.74, 6) is 1.48. The van der Waals surface area contributed by atoms with Gasteiger partial charge in [0.1, 0.15) is 29.0 Å². The van der Waals surface area contributed by atoms with Gasteiger partial charge in [-0.3, -0.25) is 4.90 Å². The van der Waals surface area contributed by atoms with Gasteiger partial charge < -0.3 is 25.6 Å².